The predicted octanol–water partition coefficient (Wildman–Crippen LogP) is -0.933. The molecule has 0 fully saturated rings. The van der Waals surface area contributed by atoms with E-state index in [1.165, 1.54) is 11.4 Å². The zero-order chi connectivity index (χ0) is 12.7. The average Bonchev–Trinajstić information content (AvgIpc) is 2.78. The molecule has 98 valence electrons. The van der Waals surface area contributed by atoms with Gasteiger partial charge in [-0.15, -0.1) is 0 Å². The van der Waals surface area contributed by atoms with Crippen molar-refractivity contribution in [2.24, 2.45) is 5.73 Å². The van der Waals surface area contributed by atoms with Gasteiger partial charge in [0.1, 0.15) is 0 Å². The highest BCUT2D eigenvalue weighted by atomic mass is 32.2. The number of aromatic amines is 1. The lowest BCUT2D eigenvalue weighted by molar-refractivity contribution is 0.453. The summed E-state index contributed by atoms with van der Waals surface area (Å²) in [6, 6.07) is 0. The molecular formula is C9H19N5O2S. The number of hydrogen-bond acceptors (Lipinski definition) is 4. The predicted molar refractivity (Wildman–Crippen MR) is 65.5 cm³/mol. The van der Waals surface area contributed by atoms with Crippen molar-refractivity contribution in [2.45, 2.75) is 12.8 Å². The third kappa shape index (κ3) is 4.82. The highest BCUT2D eigenvalue weighted by molar-refractivity contribution is 7.87. The maximum absolute atomic E-state index is 11.7. The van der Waals surface area contributed by atoms with Crippen LogP contribution >= 0.6 is 0 Å². The van der Waals surface area contributed by atoms with Gasteiger partial charge in [0.2, 0.25) is 0 Å². The van der Waals surface area contributed by atoms with Gasteiger partial charge in [-0.3, -0.25) is 0 Å². The molecule has 4 N–H and O–H groups in total. The van der Waals surface area contributed by atoms with Gasteiger partial charge in [0.25, 0.3) is 10.2 Å². The van der Waals surface area contributed by atoms with Gasteiger partial charge < -0.3 is 10.7 Å². The van der Waals surface area contributed by atoms with Crippen molar-refractivity contribution in [2.75, 3.05) is 26.7 Å². The van der Waals surface area contributed by atoms with E-state index in [1.807, 2.05) is 0 Å². The number of H-pyrrole nitrogens is 1. The standard InChI is InChI=1S/C9H19N5O2S/c1-14(6-2-4-10)17(15,16)13-5-3-9-7-11-8-12-9/h7-8,13H,2-6,10H2,1H3,(H,11,12). The molecule has 0 aliphatic rings. The topological polar surface area (TPSA) is 104 Å². The monoisotopic (exact) mass is 261 g/mol. The first kappa shape index (κ1) is 14.1. The summed E-state index contributed by atoms with van der Waals surface area (Å²) in [7, 11) is -1.86. The molecular weight excluding hydrogens is 242 g/mol. The lowest BCUT2D eigenvalue weighted by atomic mass is 10.3. The van der Waals surface area contributed by atoms with Crippen LogP contribution in [0.15, 0.2) is 12.5 Å². The number of rotatable bonds is 8. The summed E-state index contributed by atoms with van der Waals surface area (Å²) in [5, 5.41) is 0. The fraction of sp³-hybridized carbons (Fsp3) is 0.667. The van der Waals surface area contributed by atoms with Gasteiger partial charge in [0.05, 0.1) is 6.33 Å². The molecule has 0 saturated heterocycles. The van der Waals surface area contributed by atoms with E-state index in [9.17, 15) is 8.42 Å². The van der Waals surface area contributed by atoms with Gasteiger partial charge in [-0.2, -0.15) is 12.7 Å². The van der Waals surface area contributed by atoms with E-state index >= 15 is 0 Å². The number of nitrogens with two attached hydrogens (primary N) is 1. The van der Waals surface area contributed by atoms with Crippen LogP contribution in [0.5, 0.6) is 0 Å². The van der Waals surface area contributed by atoms with Crippen LogP contribution < -0.4 is 10.5 Å². The van der Waals surface area contributed by atoms with E-state index < -0.39 is 10.2 Å². The Morgan fingerprint density at radius 1 is 1.59 bits per heavy atom. The van der Waals surface area contributed by atoms with Crippen LogP contribution in [0.2, 0.25) is 0 Å². The molecule has 0 aromatic carbocycles. The van der Waals surface area contributed by atoms with Crippen molar-refractivity contribution in [1.29, 1.82) is 0 Å². The van der Waals surface area contributed by atoms with Crippen LogP contribution in [0.3, 0.4) is 0 Å². The summed E-state index contributed by atoms with van der Waals surface area (Å²) in [5.74, 6) is 0. The Hall–Kier alpha value is -0.960. The van der Waals surface area contributed by atoms with Crippen molar-refractivity contribution >= 4 is 10.2 Å². The van der Waals surface area contributed by atoms with Gasteiger partial charge in [-0.05, 0) is 13.0 Å². The van der Waals surface area contributed by atoms with Crippen molar-refractivity contribution < 1.29 is 8.42 Å². The normalized spacial score (nSPS) is 12.2. The summed E-state index contributed by atoms with van der Waals surface area (Å²) < 4.78 is 27.2. The highest BCUT2D eigenvalue weighted by Crippen LogP contribution is 1.96. The summed E-state index contributed by atoms with van der Waals surface area (Å²) in [6.45, 7) is 1.25. The first-order valence-corrected chi connectivity index (χ1v) is 6.88. The first-order valence-electron chi connectivity index (χ1n) is 5.44. The minimum Gasteiger partial charge on any atom is -0.348 e. The molecule has 0 spiro atoms. The van der Waals surface area contributed by atoms with E-state index in [4.69, 9.17) is 5.73 Å². The Labute approximate surface area is 102 Å². The molecule has 8 heteroatoms. The fourth-order valence-corrected chi connectivity index (χ4v) is 2.23. The van der Waals surface area contributed by atoms with E-state index in [0.29, 0.717) is 32.5 Å². The highest BCUT2D eigenvalue weighted by Gasteiger charge is 2.15. The summed E-state index contributed by atoms with van der Waals surface area (Å²) in [6.07, 6.45) is 4.48. The zero-order valence-corrected chi connectivity index (χ0v) is 10.7. The molecule has 0 aliphatic heterocycles. The summed E-state index contributed by atoms with van der Waals surface area (Å²) in [5.41, 5.74) is 6.23. The summed E-state index contributed by atoms with van der Waals surface area (Å²) >= 11 is 0. The largest absolute Gasteiger partial charge is 0.348 e. The molecule has 1 aromatic rings. The maximum Gasteiger partial charge on any atom is 0.279 e. The number of nitrogens with one attached hydrogen (secondary N) is 2. The molecule has 7 nitrogen and oxygen atoms in total. The van der Waals surface area contributed by atoms with E-state index in [-0.39, 0.29) is 0 Å². The molecule has 17 heavy (non-hydrogen) atoms. The molecule has 0 bridgehead atoms. The number of aromatic nitrogens is 2. The van der Waals surface area contributed by atoms with Crippen LogP contribution in [0.4, 0.5) is 0 Å². The first-order chi connectivity index (χ1) is 8.06. The lowest BCUT2D eigenvalue weighted by Crippen LogP contribution is -2.40. The molecule has 1 heterocycles. The summed E-state index contributed by atoms with van der Waals surface area (Å²) in [4.78, 5) is 6.77. The van der Waals surface area contributed by atoms with Crippen LogP contribution in [-0.2, 0) is 16.6 Å². The Morgan fingerprint density at radius 2 is 2.35 bits per heavy atom. The molecule has 1 rings (SSSR count). The van der Waals surface area contributed by atoms with Gasteiger partial charge in [0.15, 0.2) is 0 Å². The fourth-order valence-electron chi connectivity index (χ4n) is 1.28. The van der Waals surface area contributed by atoms with Crippen LogP contribution in [0.25, 0.3) is 0 Å². The van der Waals surface area contributed by atoms with Crippen molar-refractivity contribution in [3.8, 4) is 0 Å². The lowest BCUT2D eigenvalue weighted by Gasteiger charge is -2.16. The number of hydrogen-bond donors (Lipinski definition) is 3. The minimum atomic E-state index is -3.39. The molecule has 1 aromatic heterocycles. The van der Waals surface area contributed by atoms with E-state index in [0.717, 1.165) is 5.69 Å². The minimum absolute atomic E-state index is 0.345. The Kier molecular flexibility index (Phi) is 5.56. The molecule has 0 aliphatic carbocycles. The molecule has 0 radical (unpaired) electrons. The van der Waals surface area contributed by atoms with Gasteiger partial charge in [-0.25, -0.2) is 9.71 Å². The smallest absolute Gasteiger partial charge is 0.279 e. The second kappa shape index (κ2) is 6.70. The second-order valence-corrected chi connectivity index (χ2v) is 5.55. The Morgan fingerprint density at radius 3 is 2.94 bits per heavy atom. The zero-order valence-electron chi connectivity index (χ0n) is 9.89. The third-order valence-electron chi connectivity index (χ3n) is 2.32. The van der Waals surface area contributed by atoms with Crippen molar-refractivity contribution in [3.63, 3.8) is 0 Å². The second-order valence-electron chi connectivity index (χ2n) is 3.69. The van der Waals surface area contributed by atoms with E-state index in [2.05, 4.69) is 14.7 Å². The van der Waals surface area contributed by atoms with Crippen molar-refractivity contribution in [3.05, 3.63) is 18.2 Å². The van der Waals surface area contributed by atoms with Crippen LogP contribution in [0.1, 0.15) is 12.1 Å². The van der Waals surface area contributed by atoms with Crippen LogP contribution in [0, 0.1) is 0 Å². The van der Waals surface area contributed by atoms with E-state index in [1.54, 1.807) is 12.5 Å². The molecule has 0 atom stereocenters. The third-order valence-corrected chi connectivity index (χ3v) is 3.89. The molecule has 0 unspecified atom stereocenters. The Balaban J connectivity index is 2.33. The average molecular weight is 261 g/mol. The number of nitrogens with zero attached hydrogens (tertiary/aromatic N) is 2. The van der Waals surface area contributed by atoms with Gasteiger partial charge in [-0.1, -0.05) is 0 Å². The SMILES string of the molecule is CN(CCCN)S(=O)(=O)NCCc1cnc[nH]1. The Bertz CT molecular complexity index is 403. The quantitative estimate of drug-likeness (QED) is 0.562. The molecule has 0 amide bonds. The van der Waals surface area contributed by atoms with Crippen molar-refractivity contribution in [1.82, 2.24) is 19.0 Å². The van der Waals surface area contributed by atoms with Gasteiger partial charge >= 0.3 is 0 Å². The maximum atomic E-state index is 11.7. The van der Waals surface area contributed by atoms with Gasteiger partial charge in [0, 0.05) is 38.4 Å². The van der Waals surface area contributed by atoms with Crippen LogP contribution in [-0.4, -0.2) is 49.4 Å². The molecule has 0 saturated carbocycles. The number of imidazole rings is 1.